The minimum atomic E-state index is -0.419. The van der Waals surface area contributed by atoms with Gasteiger partial charge in [-0.15, -0.1) is 0 Å². The molecule has 3 aromatic rings. The molecule has 6 heteroatoms. The molecule has 0 spiro atoms. The van der Waals surface area contributed by atoms with Crippen molar-refractivity contribution in [3.05, 3.63) is 78.1 Å². The number of hydrogen-bond donors (Lipinski definition) is 1. The van der Waals surface area contributed by atoms with Crippen molar-refractivity contribution in [2.75, 3.05) is 13.1 Å². The van der Waals surface area contributed by atoms with Gasteiger partial charge in [-0.2, -0.15) is 0 Å². The van der Waals surface area contributed by atoms with Crippen LogP contribution in [0.3, 0.4) is 0 Å². The highest BCUT2D eigenvalue weighted by molar-refractivity contribution is 5.98. The average molecular weight is 470 g/mol. The Bertz CT molecular complexity index is 1240. The van der Waals surface area contributed by atoms with Crippen LogP contribution in [0.25, 0.3) is 10.8 Å². The highest BCUT2D eigenvalue weighted by Gasteiger charge is 2.39. The number of ketones is 1. The Balaban J connectivity index is 1.27. The normalized spacial score (nSPS) is 22.2. The van der Waals surface area contributed by atoms with E-state index < -0.39 is 5.54 Å². The molecule has 0 saturated carbocycles. The molecule has 2 aliphatic rings. The van der Waals surface area contributed by atoms with Crippen LogP contribution in [0.15, 0.2) is 67.0 Å². The number of pyridine rings is 1. The molecule has 2 aromatic carbocycles. The molecule has 1 N–H and O–H groups in total. The number of rotatable bonds is 7. The second-order valence-electron chi connectivity index (χ2n) is 9.93. The first kappa shape index (κ1) is 23.2. The lowest BCUT2D eigenvalue weighted by molar-refractivity contribution is -0.133. The van der Waals surface area contributed by atoms with E-state index in [0.29, 0.717) is 44.3 Å². The van der Waals surface area contributed by atoms with Gasteiger partial charge in [-0.25, -0.2) is 0 Å². The Kier molecular flexibility index (Phi) is 6.62. The van der Waals surface area contributed by atoms with Crippen LogP contribution in [0.5, 0.6) is 0 Å². The van der Waals surface area contributed by atoms with Gasteiger partial charge in [0.25, 0.3) is 0 Å². The summed E-state index contributed by atoms with van der Waals surface area (Å²) in [6.07, 6.45) is 7.74. The van der Waals surface area contributed by atoms with Gasteiger partial charge in [0.15, 0.2) is 5.78 Å². The second-order valence-corrected chi connectivity index (χ2v) is 9.93. The van der Waals surface area contributed by atoms with Crippen molar-refractivity contribution < 1.29 is 14.4 Å². The lowest BCUT2D eigenvalue weighted by atomic mass is 9.83. The van der Waals surface area contributed by atoms with Crippen molar-refractivity contribution in [1.82, 2.24) is 15.2 Å². The van der Waals surface area contributed by atoms with E-state index in [0.717, 1.165) is 19.3 Å². The summed E-state index contributed by atoms with van der Waals surface area (Å²) in [5.74, 6) is -0.0104. The van der Waals surface area contributed by atoms with Crippen LogP contribution >= 0.6 is 0 Å². The number of fused-ring (bicyclic) bond motifs is 1. The molecular formula is C29H31N3O3. The number of Topliss-reactive ketones (excluding diaryl/α,β-unsaturated/α-hetero) is 1. The zero-order valence-electron chi connectivity index (χ0n) is 19.9. The fourth-order valence-corrected chi connectivity index (χ4v) is 5.66. The summed E-state index contributed by atoms with van der Waals surface area (Å²) < 4.78 is 0. The van der Waals surface area contributed by atoms with Crippen molar-refractivity contribution in [3.8, 4) is 0 Å². The first-order valence-corrected chi connectivity index (χ1v) is 12.5. The van der Waals surface area contributed by atoms with E-state index in [4.69, 9.17) is 0 Å². The first-order chi connectivity index (χ1) is 17.0. The van der Waals surface area contributed by atoms with Crippen LogP contribution < -0.4 is 5.32 Å². The van der Waals surface area contributed by atoms with Gasteiger partial charge in [0, 0.05) is 55.3 Å². The van der Waals surface area contributed by atoms with E-state index in [2.05, 4.69) is 40.6 Å². The van der Waals surface area contributed by atoms with Gasteiger partial charge in [-0.05, 0) is 60.6 Å². The Morgan fingerprint density at radius 3 is 2.74 bits per heavy atom. The summed E-state index contributed by atoms with van der Waals surface area (Å²) in [5, 5.41) is 5.58. The molecule has 2 atom stereocenters. The van der Waals surface area contributed by atoms with Crippen molar-refractivity contribution in [2.45, 2.75) is 50.5 Å². The summed E-state index contributed by atoms with van der Waals surface area (Å²) in [4.78, 5) is 44.3. The second kappa shape index (κ2) is 9.98. The third-order valence-corrected chi connectivity index (χ3v) is 7.55. The molecule has 2 fully saturated rings. The lowest BCUT2D eigenvalue weighted by Gasteiger charge is -2.34. The summed E-state index contributed by atoms with van der Waals surface area (Å²) in [6.45, 7) is 1.13. The zero-order chi connectivity index (χ0) is 24.3. The summed E-state index contributed by atoms with van der Waals surface area (Å²) >= 11 is 0. The van der Waals surface area contributed by atoms with E-state index in [1.807, 2.05) is 17.0 Å². The molecular weight excluding hydrogens is 438 g/mol. The fraction of sp³-hybridized carbons (Fsp3) is 0.379. The number of carbonyl (C=O) groups excluding carboxylic acids is 3. The largest absolute Gasteiger partial charge is 0.350 e. The van der Waals surface area contributed by atoms with E-state index in [1.54, 1.807) is 24.5 Å². The molecule has 2 saturated heterocycles. The number of hydrogen-bond acceptors (Lipinski definition) is 4. The Labute approximate surface area is 205 Å². The number of benzene rings is 2. The van der Waals surface area contributed by atoms with Crippen LogP contribution in [0, 0.1) is 5.92 Å². The van der Waals surface area contributed by atoms with Crippen LogP contribution in [-0.2, 0) is 16.0 Å². The van der Waals surface area contributed by atoms with Gasteiger partial charge in [0.2, 0.25) is 11.8 Å². The maximum atomic E-state index is 13.2. The number of likely N-dealkylation sites (tertiary alicyclic amines) is 1. The smallest absolute Gasteiger partial charge is 0.222 e. The highest BCUT2D eigenvalue weighted by atomic mass is 16.2. The Morgan fingerprint density at radius 2 is 1.94 bits per heavy atom. The predicted molar refractivity (Wildman–Crippen MR) is 135 cm³/mol. The molecule has 1 aromatic heterocycles. The van der Waals surface area contributed by atoms with Gasteiger partial charge >= 0.3 is 0 Å². The number of amides is 2. The fourth-order valence-electron chi connectivity index (χ4n) is 5.66. The van der Waals surface area contributed by atoms with Crippen LogP contribution in [0.2, 0.25) is 0 Å². The standard InChI is InChI=1S/C29H31N3O3/c33-26-12-14-29(31-26,18-22-8-3-7-21-6-1-2-11-25(21)22)15-13-27(34)32-17-5-10-24(20-32)28(35)23-9-4-16-30-19-23/h1-4,6-9,11,16,19,24H,5,10,12-15,17-18,20H2,(H,31,33)/t24-,29-/m1/s1. The van der Waals surface area contributed by atoms with Gasteiger partial charge in [-0.1, -0.05) is 42.5 Å². The van der Waals surface area contributed by atoms with Crippen LogP contribution in [0.1, 0.15) is 54.4 Å². The predicted octanol–water partition coefficient (Wildman–Crippen LogP) is 4.33. The minimum Gasteiger partial charge on any atom is -0.350 e. The first-order valence-electron chi connectivity index (χ1n) is 12.5. The SMILES string of the molecule is O=C1CC[C@@](CCC(=O)N2CCC[C@@H](C(=O)c3cccnc3)C2)(Cc2cccc3ccccc23)N1. The monoisotopic (exact) mass is 469 g/mol. The van der Waals surface area contributed by atoms with Crippen molar-refractivity contribution >= 4 is 28.4 Å². The molecule has 0 unspecified atom stereocenters. The molecule has 0 bridgehead atoms. The maximum absolute atomic E-state index is 13.2. The molecule has 3 heterocycles. The Hall–Kier alpha value is -3.54. The molecule has 2 aliphatic heterocycles. The van der Waals surface area contributed by atoms with Gasteiger partial charge in [-0.3, -0.25) is 19.4 Å². The molecule has 6 nitrogen and oxygen atoms in total. The van der Waals surface area contributed by atoms with Gasteiger partial charge < -0.3 is 10.2 Å². The summed E-state index contributed by atoms with van der Waals surface area (Å²) in [5.41, 5.74) is 1.38. The third kappa shape index (κ3) is 5.11. The number of carbonyl (C=O) groups is 3. The molecule has 2 amide bonds. The average Bonchev–Trinajstić information content (AvgIpc) is 3.28. The van der Waals surface area contributed by atoms with E-state index >= 15 is 0 Å². The Morgan fingerprint density at radius 1 is 1.09 bits per heavy atom. The lowest BCUT2D eigenvalue weighted by Crippen LogP contribution is -2.46. The molecule has 5 rings (SSSR count). The number of piperidine rings is 1. The van der Waals surface area contributed by atoms with E-state index in [-0.39, 0.29) is 23.5 Å². The molecule has 180 valence electrons. The highest BCUT2D eigenvalue weighted by Crippen LogP contribution is 2.33. The topological polar surface area (TPSA) is 79.4 Å². The summed E-state index contributed by atoms with van der Waals surface area (Å²) in [6, 6.07) is 18.1. The van der Waals surface area contributed by atoms with E-state index in [9.17, 15) is 14.4 Å². The van der Waals surface area contributed by atoms with Gasteiger partial charge in [0.1, 0.15) is 0 Å². The maximum Gasteiger partial charge on any atom is 0.222 e. The number of aromatic nitrogens is 1. The van der Waals surface area contributed by atoms with Crippen molar-refractivity contribution in [1.29, 1.82) is 0 Å². The van der Waals surface area contributed by atoms with Crippen molar-refractivity contribution in [3.63, 3.8) is 0 Å². The number of nitrogens with one attached hydrogen (secondary N) is 1. The zero-order valence-corrected chi connectivity index (χ0v) is 19.9. The van der Waals surface area contributed by atoms with Crippen LogP contribution in [0.4, 0.5) is 0 Å². The van der Waals surface area contributed by atoms with E-state index in [1.165, 1.54) is 16.3 Å². The van der Waals surface area contributed by atoms with Gasteiger partial charge in [0.05, 0.1) is 0 Å². The minimum absolute atomic E-state index is 0.0535. The molecule has 35 heavy (non-hydrogen) atoms. The summed E-state index contributed by atoms with van der Waals surface area (Å²) in [7, 11) is 0. The third-order valence-electron chi connectivity index (χ3n) is 7.55. The quantitative estimate of drug-likeness (QED) is 0.523. The van der Waals surface area contributed by atoms with Crippen LogP contribution in [-0.4, -0.2) is 46.1 Å². The number of nitrogens with zero attached hydrogens (tertiary/aromatic N) is 2. The molecule has 0 radical (unpaired) electrons. The van der Waals surface area contributed by atoms with Crippen molar-refractivity contribution in [2.24, 2.45) is 5.92 Å². The molecule has 0 aliphatic carbocycles.